The summed E-state index contributed by atoms with van der Waals surface area (Å²) in [7, 11) is 0. The Bertz CT molecular complexity index is 3140. The normalized spacial score (nSPS) is 24.5. The third-order valence-corrected chi connectivity index (χ3v) is 16.3. The molecule has 2 aliphatic heterocycles. The summed E-state index contributed by atoms with van der Waals surface area (Å²) in [5.41, 5.74) is 14.0. The van der Waals surface area contributed by atoms with Crippen LogP contribution >= 0.6 is 0 Å². The topological polar surface area (TPSA) is 372 Å². The number of fused-ring (bicyclic) bond motifs is 1. The maximum atomic E-state index is 15.1. The molecule has 11 atom stereocenters. The highest BCUT2D eigenvalue weighted by atomic mass is 16.3. The quantitative estimate of drug-likeness (QED) is 0.0671. The zero-order chi connectivity index (χ0) is 66.3. The molecule has 24 nitrogen and oxygen atoms in total. The maximum absolute atomic E-state index is 15.1. The Kier molecular flexibility index (Phi) is 27.0. The van der Waals surface area contributed by atoms with Crippen molar-refractivity contribution in [1.82, 2.24) is 52.8 Å². The van der Waals surface area contributed by atoms with Crippen LogP contribution in [0, 0.1) is 17.8 Å². The molecule has 0 radical (unpaired) electrons. The third kappa shape index (κ3) is 21.5. The molecule has 24 heteroatoms. The molecular formula is C67H90N12O12. The van der Waals surface area contributed by atoms with Crippen LogP contribution in [-0.2, 0) is 78.4 Å². The second kappa shape index (κ2) is 34.7. The van der Waals surface area contributed by atoms with Gasteiger partial charge in [-0.25, -0.2) is 0 Å². The summed E-state index contributed by atoms with van der Waals surface area (Å²) in [4.78, 5) is 162. The standard InChI is InChI=1S/C67H90N12O12/c1-7-41(6)57-66(90)75-51(36-45-27-29-46(80)30-28-45)62(86)77-56(40(4)5)65(89)70-47(25-17-31-68)58(82)71-48(33-39(2)3)59(83)76-53(37-44-23-15-10-16-24-44)67(91)79-32-18-26-54(79)64(88)74-50(35-43-21-13-9-14-22-43)61(85)72-49(34-42-19-11-8-12-20-42)60(84)73-52(38-55(69)81)63(87)78-57/h8-16,19-24,27-30,39-41,47-54,56-57,80H,7,17-18,25-26,31-38,68H2,1-6H3,(H2,69,81)(H,70,89)(H,71,82)(H,72,85)(H,73,84)(H,74,88)(H,75,90)(H,76,83)(H,77,86)(H,78,87)/t41-,47+,48+,49-,50+,51+,52+,53-,54+,56+,57+/m1/s1. The molecule has 0 unspecified atom stereocenters. The molecule has 2 saturated heterocycles. The van der Waals surface area contributed by atoms with E-state index in [0.29, 0.717) is 28.7 Å². The van der Waals surface area contributed by atoms with E-state index in [1.54, 1.807) is 119 Å². The van der Waals surface area contributed by atoms with Gasteiger partial charge in [-0.3, -0.25) is 52.7 Å². The second-order valence-electron chi connectivity index (χ2n) is 24.4. The first-order valence-corrected chi connectivity index (χ1v) is 31.4. The molecule has 0 aromatic heterocycles. The molecule has 4 aromatic rings. The van der Waals surface area contributed by atoms with Gasteiger partial charge < -0.3 is 69.3 Å². The Hall–Kier alpha value is -9.19. The fourth-order valence-electron chi connectivity index (χ4n) is 11.1. The number of primary amides is 1. The number of nitrogens with two attached hydrogens (primary N) is 2. The van der Waals surface area contributed by atoms with Gasteiger partial charge in [-0.2, -0.15) is 0 Å². The maximum Gasteiger partial charge on any atom is 0.246 e. The first-order chi connectivity index (χ1) is 43.4. The van der Waals surface area contributed by atoms with E-state index in [2.05, 4.69) is 47.9 Å². The highest BCUT2D eigenvalue weighted by Crippen LogP contribution is 2.22. The molecule has 0 saturated carbocycles. The smallest absolute Gasteiger partial charge is 0.246 e. The Morgan fingerprint density at radius 2 is 0.890 bits per heavy atom. The number of benzene rings is 4. The van der Waals surface area contributed by atoms with E-state index in [9.17, 15) is 53.1 Å². The van der Waals surface area contributed by atoms with Crippen molar-refractivity contribution in [2.75, 3.05) is 13.1 Å². The van der Waals surface area contributed by atoms with Gasteiger partial charge in [-0.15, -0.1) is 0 Å². The number of carbonyl (C=O) groups is 11. The summed E-state index contributed by atoms with van der Waals surface area (Å²) in [5, 5.41) is 35.0. The molecule has 2 aliphatic rings. The predicted molar refractivity (Wildman–Crippen MR) is 340 cm³/mol. The van der Waals surface area contributed by atoms with Crippen LogP contribution in [-0.4, -0.2) is 148 Å². The lowest BCUT2D eigenvalue weighted by Crippen LogP contribution is -2.63. The number of carbonyl (C=O) groups excluding carboxylic acids is 11. The molecule has 0 spiro atoms. The fourth-order valence-corrected chi connectivity index (χ4v) is 11.1. The minimum atomic E-state index is -1.74. The molecule has 2 fully saturated rings. The predicted octanol–water partition coefficient (Wildman–Crippen LogP) is 1.39. The molecule has 490 valence electrons. The average molecular weight is 1260 g/mol. The number of phenols is 1. The largest absolute Gasteiger partial charge is 0.508 e. The number of hydrogen-bond donors (Lipinski definition) is 12. The molecule has 0 aliphatic carbocycles. The van der Waals surface area contributed by atoms with Crippen LogP contribution in [0.1, 0.15) is 109 Å². The Morgan fingerprint density at radius 3 is 1.38 bits per heavy atom. The van der Waals surface area contributed by atoms with Crippen molar-refractivity contribution in [3.8, 4) is 5.75 Å². The van der Waals surface area contributed by atoms with Gasteiger partial charge in [0.15, 0.2) is 0 Å². The van der Waals surface area contributed by atoms with Gasteiger partial charge in [-0.05, 0) is 90.8 Å². The van der Waals surface area contributed by atoms with Gasteiger partial charge in [0.2, 0.25) is 65.0 Å². The highest BCUT2D eigenvalue weighted by molar-refractivity contribution is 6.00. The van der Waals surface area contributed by atoms with Crippen molar-refractivity contribution in [3.63, 3.8) is 0 Å². The van der Waals surface area contributed by atoms with Gasteiger partial charge in [0, 0.05) is 32.2 Å². The van der Waals surface area contributed by atoms with Crippen LogP contribution in [0.2, 0.25) is 0 Å². The highest BCUT2D eigenvalue weighted by Gasteiger charge is 2.42. The van der Waals surface area contributed by atoms with Crippen LogP contribution in [0.15, 0.2) is 115 Å². The first kappa shape index (κ1) is 70.9. The third-order valence-electron chi connectivity index (χ3n) is 16.3. The minimum Gasteiger partial charge on any atom is -0.508 e. The van der Waals surface area contributed by atoms with Crippen LogP contribution in [0.25, 0.3) is 0 Å². The van der Waals surface area contributed by atoms with Gasteiger partial charge in [0.1, 0.15) is 66.2 Å². The summed E-state index contributed by atoms with van der Waals surface area (Å²) >= 11 is 0. The summed E-state index contributed by atoms with van der Waals surface area (Å²) in [5.74, 6) is -10.7. The van der Waals surface area contributed by atoms with Crippen molar-refractivity contribution in [2.24, 2.45) is 29.2 Å². The molecule has 14 N–H and O–H groups in total. The zero-order valence-electron chi connectivity index (χ0n) is 52.7. The second-order valence-corrected chi connectivity index (χ2v) is 24.4. The summed E-state index contributed by atoms with van der Waals surface area (Å²) in [6.07, 6.45) is -0.0807. The lowest BCUT2D eigenvalue weighted by atomic mass is 9.96. The number of rotatable bonds is 18. The van der Waals surface area contributed by atoms with Crippen LogP contribution < -0.4 is 59.3 Å². The zero-order valence-corrected chi connectivity index (χ0v) is 52.7. The van der Waals surface area contributed by atoms with E-state index in [-0.39, 0.29) is 82.5 Å². The monoisotopic (exact) mass is 1250 g/mol. The lowest BCUT2D eigenvalue weighted by Gasteiger charge is -2.32. The van der Waals surface area contributed by atoms with E-state index in [1.165, 1.54) is 29.2 Å². The molecule has 4 aromatic carbocycles. The van der Waals surface area contributed by atoms with Gasteiger partial charge >= 0.3 is 0 Å². The van der Waals surface area contributed by atoms with Gasteiger partial charge in [0.25, 0.3) is 0 Å². The van der Waals surface area contributed by atoms with Crippen molar-refractivity contribution in [2.45, 2.75) is 173 Å². The summed E-state index contributed by atoms with van der Waals surface area (Å²) in [6, 6.07) is 18.2. The number of hydrogen-bond acceptors (Lipinski definition) is 13. The minimum absolute atomic E-state index is 0.00471. The van der Waals surface area contributed by atoms with Gasteiger partial charge in [-0.1, -0.05) is 151 Å². The summed E-state index contributed by atoms with van der Waals surface area (Å²) in [6.45, 7) is 10.6. The molecular weight excluding hydrogens is 1160 g/mol. The van der Waals surface area contributed by atoms with Crippen molar-refractivity contribution in [3.05, 3.63) is 138 Å². The molecule has 11 amide bonds. The van der Waals surface area contributed by atoms with E-state index in [0.717, 1.165) is 0 Å². The average Bonchev–Trinajstić information content (AvgIpc) is 2.84. The Labute approximate surface area is 531 Å². The van der Waals surface area contributed by atoms with Gasteiger partial charge in [0.05, 0.1) is 6.42 Å². The Morgan fingerprint density at radius 1 is 0.495 bits per heavy atom. The van der Waals surface area contributed by atoms with Crippen LogP contribution in [0.5, 0.6) is 5.75 Å². The molecule has 91 heavy (non-hydrogen) atoms. The number of phenolic OH excluding ortho intramolecular Hbond substituents is 1. The molecule has 0 bridgehead atoms. The Balaban J connectivity index is 1.46. The summed E-state index contributed by atoms with van der Waals surface area (Å²) < 4.78 is 0. The van der Waals surface area contributed by atoms with E-state index in [4.69, 9.17) is 11.5 Å². The van der Waals surface area contributed by atoms with Crippen molar-refractivity contribution >= 4 is 65.0 Å². The first-order valence-electron chi connectivity index (χ1n) is 31.4. The van der Waals surface area contributed by atoms with E-state index in [1.807, 2.05) is 13.8 Å². The van der Waals surface area contributed by atoms with E-state index < -0.39 is 144 Å². The fraction of sp³-hybridized carbons (Fsp3) is 0.478. The van der Waals surface area contributed by atoms with Crippen LogP contribution in [0.3, 0.4) is 0 Å². The number of aromatic hydroxyl groups is 1. The van der Waals surface area contributed by atoms with Crippen molar-refractivity contribution < 1.29 is 57.8 Å². The number of amides is 11. The molecule has 6 rings (SSSR count). The van der Waals surface area contributed by atoms with Crippen LogP contribution in [0.4, 0.5) is 0 Å². The number of nitrogens with one attached hydrogen (secondary N) is 9. The number of nitrogens with zero attached hydrogens (tertiary/aromatic N) is 1. The SMILES string of the molecule is CC[C@@H](C)[C@@H]1NC(=O)[C@H](CC(N)=O)NC(=O)[C@@H](Cc2ccccc2)NC(=O)[C@H](Cc2ccccc2)NC(=O)[C@@H]2CCCN2C(=O)[C@@H](Cc2ccccc2)NC(=O)[C@H](CC(C)C)NC(=O)[C@H](CCCN)NC(=O)[C@H](C(C)C)NC(=O)[C@H](Cc2ccc(O)cc2)NC1=O. The lowest BCUT2D eigenvalue weighted by molar-refractivity contribution is -0.142. The molecule has 2 heterocycles. The van der Waals surface area contributed by atoms with E-state index >= 15 is 4.79 Å². The van der Waals surface area contributed by atoms with Crippen molar-refractivity contribution in [1.29, 1.82) is 0 Å².